The lowest BCUT2D eigenvalue weighted by Gasteiger charge is -2.12. The number of aryl methyl sites for hydroxylation is 1. The third kappa shape index (κ3) is 2.27. The minimum Gasteiger partial charge on any atom is -0.241 e. The van der Waals surface area contributed by atoms with Crippen molar-refractivity contribution in [3.63, 3.8) is 0 Å². The SMILES string of the molecule is Cc1ccnc(C(C)C(C)Br)n1. The van der Waals surface area contributed by atoms with Gasteiger partial charge in [-0.3, -0.25) is 0 Å². The molecule has 2 atom stereocenters. The fraction of sp³-hybridized carbons (Fsp3) is 0.556. The zero-order valence-electron chi connectivity index (χ0n) is 7.58. The van der Waals surface area contributed by atoms with Gasteiger partial charge < -0.3 is 0 Å². The Morgan fingerprint density at radius 3 is 2.58 bits per heavy atom. The Bertz CT molecular complexity index is 260. The first-order valence-electron chi connectivity index (χ1n) is 4.05. The standard InChI is InChI=1S/C9H13BrN2/c1-6-4-5-11-9(12-6)7(2)8(3)10/h4-5,7-8H,1-3H3. The van der Waals surface area contributed by atoms with Crippen molar-refractivity contribution in [2.45, 2.75) is 31.5 Å². The van der Waals surface area contributed by atoms with Gasteiger partial charge in [-0.2, -0.15) is 0 Å². The van der Waals surface area contributed by atoms with Gasteiger partial charge in [-0.25, -0.2) is 9.97 Å². The van der Waals surface area contributed by atoms with Crippen LogP contribution in [0.4, 0.5) is 0 Å². The van der Waals surface area contributed by atoms with Crippen molar-refractivity contribution in [1.82, 2.24) is 9.97 Å². The third-order valence-electron chi connectivity index (χ3n) is 1.91. The van der Waals surface area contributed by atoms with Crippen molar-refractivity contribution in [2.24, 2.45) is 0 Å². The molecule has 0 fully saturated rings. The molecule has 3 heteroatoms. The van der Waals surface area contributed by atoms with Gasteiger partial charge in [0.2, 0.25) is 0 Å². The van der Waals surface area contributed by atoms with Crippen LogP contribution in [0.1, 0.15) is 31.3 Å². The molecule has 0 aromatic carbocycles. The summed E-state index contributed by atoms with van der Waals surface area (Å²) in [6.07, 6.45) is 1.81. The van der Waals surface area contributed by atoms with Crippen molar-refractivity contribution in [3.05, 3.63) is 23.8 Å². The lowest BCUT2D eigenvalue weighted by molar-refractivity contribution is 0.696. The molecule has 0 bridgehead atoms. The Morgan fingerprint density at radius 1 is 1.42 bits per heavy atom. The second-order valence-corrected chi connectivity index (χ2v) is 4.47. The molecule has 66 valence electrons. The number of alkyl halides is 1. The van der Waals surface area contributed by atoms with E-state index in [4.69, 9.17) is 0 Å². The van der Waals surface area contributed by atoms with Crippen LogP contribution in [0.5, 0.6) is 0 Å². The highest BCUT2D eigenvalue weighted by molar-refractivity contribution is 9.09. The van der Waals surface area contributed by atoms with Gasteiger partial charge in [0, 0.05) is 22.6 Å². The van der Waals surface area contributed by atoms with Crippen molar-refractivity contribution in [2.75, 3.05) is 0 Å². The molecule has 1 rings (SSSR count). The van der Waals surface area contributed by atoms with Crippen molar-refractivity contribution in [1.29, 1.82) is 0 Å². The van der Waals surface area contributed by atoms with Crippen LogP contribution < -0.4 is 0 Å². The molecule has 1 aromatic rings. The molecule has 12 heavy (non-hydrogen) atoms. The summed E-state index contributed by atoms with van der Waals surface area (Å²) in [6.45, 7) is 6.21. The summed E-state index contributed by atoms with van der Waals surface area (Å²) in [4.78, 5) is 8.99. The lowest BCUT2D eigenvalue weighted by atomic mass is 10.1. The van der Waals surface area contributed by atoms with Crippen LogP contribution in [0.15, 0.2) is 12.3 Å². The Balaban J connectivity index is 2.88. The average Bonchev–Trinajstić information content (AvgIpc) is 2.03. The number of nitrogens with zero attached hydrogens (tertiary/aromatic N) is 2. The number of aromatic nitrogens is 2. The molecule has 1 aromatic heterocycles. The molecule has 0 amide bonds. The van der Waals surface area contributed by atoms with E-state index in [1.54, 1.807) is 0 Å². The normalized spacial score (nSPS) is 15.7. The van der Waals surface area contributed by atoms with E-state index in [0.29, 0.717) is 10.7 Å². The summed E-state index contributed by atoms with van der Waals surface area (Å²) in [5, 5.41) is 0. The van der Waals surface area contributed by atoms with Gasteiger partial charge in [-0.05, 0) is 13.0 Å². The van der Waals surface area contributed by atoms with Crippen molar-refractivity contribution >= 4 is 15.9 Å². The van der Waals surface area contributed by atoms with Crippen LogP contribution in [0.2, 0.25) is 0 Å². The number of rotatable bonds is 2. The molecule has 2 nitrogen and oxygen atoms in total. The molecule has 0 aliphatic heterocycles. The molecular formula is C9H13BrN2. The second-order valence-electron chi connectivity index (χ2n) is 3.02. The zero-order chi connectivity index (χ0) is 9.14. The van der Waals surface area contributed by atoms with Crippen molar-refractivity contribution < 1.29 is 0 Å². The number of halogens is 1. The van der Waals surface area contributed by atoms with Gasteiger partial charge in [-0.1, -0.05) is 29.8 Å². The number of hydrogen-bond acceptors (Lipinski definition) is 2. The minimum atomic E-state index is 0.366. The molecule has 0 saturated carbocycles. The average molecular weight is 229 g/mol. The monoisotopic (exact) mass is 228 g/mol. The van der Waals surface area contributed by atoms with Gasteiger partial charge in [-0.15, -0.1) is 0 Å². The lowest BCUT2D eigenvalue weighted by Crippen LogP contribution is -2.09. The maximum atomic E-state index is 4.35. The summed E-state index contributed by atoms with van der Waals surface area (Å²) in [6, 6.07) is 1.91. The predicted molar refractivity (Wildman–Crippen MR) is 53.6 cm³/mol. The van der Waals surface area contributed by atoms with Crippen molar-refractivity contribution in [3.8, 4) is 0 Å². The van der Waals surface area contributed by atoms with Gasteiger partial charge in [0.25, 0.3) is 0 Å². The third-order valence-corrected chi connectivity index (χ3v) is 2.70. The van der Waals surface area contributed by atoms with E-state index in [2.05, 4.69) is 39.7 Å². The molecule has 0 spiro atoms. The van der Waals surface area contributed by atoms with Gasteiger partial charge >= 0.3 is 0 Å². The van der Waals surface area contributed by atoms with E-state index < -0.39 is 0 Å². The van der Waals surface area contributed by atoms with Gasteiger partial charge in [0.05, 0.1) is 0 Å². The van der Waals surface area contributed by atoms with Crippen LogP contribution in [-0.2, 0) is 0 Å². The zero-order valence-corrected chi connectivity index (χ0v) is 9.17. The maximum Gasteiger partial charge on any atom is 0.132 e. The Hall–Kier alpha value is -0.440. The molecule has 0 aliphatic carbocycles. The first-order valence-corrected chi connectivity index (χ1v) is 4.96. The van der Waals surface area contributed by atoms with E-state index >= 15 is 0 Å². The van der Waals surface area contributed by atoms with Crippen LogP contribution in [0.3, 0.4) is 0 Å². The molecule has 0 N–H and O–H groups in total. The van der Waals surface area contributed by atoms with Gasteiger partial charge in [0.1, 0.15) is 5.82 Å². The fourth-order valence-corrected chi connectivity index (χ4v) is 1.13. The highest BCUT2D eigenvalue weighted by Gasteiger charge is 2.13. The van der Waals surface area contributed by atoms with E-state index in [9.17, 15) is 0 Å². The second kappa shape index (κ2) is 3.99. The largest absolute Gasteiger partial charge is 0.241 e. The van der Waals surface area contributed by atoms with Crippen LogP contribution in [0.25, 0.3) is 0 Å². The van der Waals surface area contributed by atoms with Crippen LogP contribution in [0, 0.1) is 6.92 Å². The molecule has 0 radical (unpaired) electrons. The quantitative estimate of drug-likeness (QED) is 0.728. The van der Waals surface area contributed by atoms with E-state index in [0.717, 1.165) is 11.5 Å². The van der Waals surface area contributed by atoms with Crippen LogP contribution in [-0.4, -0.2) is 14.8 Å². The first kappa shape index (κ1) is 9.65. The minimum absolute atomic E-state index is 0.366. The highest BCUT2D eigenvalue weighted by Crippen LogP contribution is 2.20. The molecule has 0 aliphatic rings. The topological polar surface area (TPSA) is 25.8 Å². The smallest absolute Gasteiger partial charge is 0.132 e. The highest BCUT2D eigenvalue weighted by atomic mass is 79.9. The van der Waals surface area contributed by atoms with Crippen LogP contribution >= 0.6 is 15.9 Å². The Kier molecular flexibility index (Phi) is 3.20. The molecule has 1 heterocycles. The van der Waals surface area contributed by atoms with Gasteiger partial charge in [0.15, 0.2) is 0 Å². The summed E-state index contributed by atoms with van der Waals surface area (Å²) in [7, 11) is 0. The summed E-state index contributed by atoms with van der Waals surface area (Å²) >= 11 is 3.52. The summed E-state index contributed by atoms with van der Waals surface area (Å²) < 4.78 is 0. The molecule has 0 saturated heterocycles. The van der Waals surface area contributed by atoms with E-state index in [-0.39, 0.29) is 0 Å². The van der Waals surface area contributed by atoms with E-state index in [1.807, 2.05) is 19.2 Å². The summed E-state index contributed by atoms with van der Waals surface area (Å²) in [5.74, 6) is 1.28. The predicted octanol–water partition coefficient (Wildman–Crippen LogP) is 2.67. The molecule has 2 unspecified atom stereocenters. The molecular weight excluding hydrogens is 216 g/mol. The Morgan fingerprint density at radius 2 is 2.08 bits per heavy atom. The maximum absolute atomic E-state index is 4.35. The number of hydrogen-bond donors (Lipinski definition) is 0. The van der Waals surface area contributed by atoms with E-state index in [1.165, 1.54) is 0 Å². The summed E-state index contributed by atoms with van der Waals surface area (Å²) in [5.41, 5.74) is 1.03. The Labute approximate surface area is 81.6 Å². The first-order chi connectivity index (χ1) is 5.61. The fourth-order valence-electron chi connectivity index (χ4n) is 0.893.